The standard InChI is InChI=1S/C25H37F/c1-2-3-4-5-20-8-14-23(15-9-20)24-16-10-21(11-17-24)6-7-22-12-18-25(26)19-13-22/h10,12-13,18-20,23-24H,2-9,11,14-17H2,1H3. The lowest BCUT2D eigenvalue weighted by Crippen LogP contribution is -2.23. The van der Waals surface area contributed by atoms with Crippen LogP contribution < -0.4 is 0 Å². The van der Waals surface area contributed by atoms with Gasteiger partial charge in [-0.1, -0.05) is 69.2 Å². The maximum atomic E-state index is 13.0. The predicted molar refractivity (Wildman–Crippen MR) is 110 cm³/mol. The van der Waals surface area contributed by atoms with Crippen LogP contribution in [0.25, 0.3) is 0 Å². The van der Waals surface area contributed by atoms with Crippen LogP contribution in [0.15, 0.2) is 35.9 Å². The van der Waals surface area contributed by atoms with Crippen molar-refractivity contribution < 1.29 is 4.39 Å². The highest BCUT2D eigenvalue weighted by Gasteiger charge is 2.28. The van der Waals surface area contributed by atoms with E-state index in [0.717, 1.165) is 30.6 Å². The van der Waals surface area contributed by atoms with Crippen LogP contribution in [-0.2, 0) is 6.42 Å². The maximum Gasteiger partial charge on any atom is 0.123 e. The minimum absolute atomic E-state index is 0.131. The average Bonchev–Trinajstić information content (AvgIpc) is 2.69. The highest BCUT2D eigenvalue weighted by Crippen LogP contribution is 2.41. The first-order valence-electron chi connectivity index (χ1n) is 11.2. The molecule has 0 heterocycles. The fourth-order valence-corrected chi connectivity index (χ4v) is 5.15. The molecule has 26 heavy (non-hydrogen) atoms. The van der Waals surface area contributed by atoms with Crippen molar-refractivity contribution in [2.24, 2.45) is 17.8 Å². The van der Waals surface area contributed by atoms with Crippen molar-refractivity contribution in [2.75, 3.05) is 0 Å². The Morgan fingerprint density at radius 3 is 2.31 bits per heavy atom. The first kappa shape index (κ1) is 19.6. The number of aryl methyl sites for hydroxylation is 1. The number of hydrogen-bond acceptors (Lipinski definition) is 0. The zero-order valence-corrected chi connectivity index (χ0v) is 16.7. The lowest BCUT2D eigenvalue weighted by molar-refractivity contribution is 0.185. The molecule has 1 heteroatoms. The summed E-state index contributed by atoms with van der Waals surface area (Å²) < 4.78 is 13.0. The number of halogens is 1. The SMILES string of the molecule is CCCCCC1CCC(C2CC=C(CCc3ccc(F)cc3)CC2)CC1. The minimum atomic E-state index is -0.131. The Kier molecular flexibility index (Phi) is 7.77. The number of hydrogen-bond donors (Lipinski definition) is 0. The van der Waals surface area contributed by atoms with E-state index in [-0.39, 0.29) is 5.82 Å². The van der Waals surface area contributed by atoms with Gasteiger partial charge in [0.2, 0.25) is 0 Å². The van der Waals surface area contributed by atoms with Crippen molar-refractivity contribution in [1.82, 2.24) is 0 Å². The zero-order chi connectivity index (χ0) is 18.2. The Morgan fingerprint density at radius 1 is 0.885 bits per heavy atom. The molecule has 1 aromatic rings. The van der Waals surface area contributed by atoms with Gasteiger partial charge < -0.3 is 0 Å². The summed E-state index contributed by atoms with van der Waals surface area (Å²) in [5.41, 5.74) is 2.90. The van der Waals surface area contributed by atoms with Crippen LogP contribution in [0.3, 0.4) is 0 Å². The van der Waals surface area contributed by atoms with E-state index in [4.69, 9.17) is 0 Å². The highest BCUT2D eigenvalue weighted by atomic mass is 19.1. The summed E-state index contributed by atoms with van der Waals surface area (Å²) in [6.07, 6.45) is 20.4. The summed E-state index contributed by atoms with van der Waals surface area (Å²) in [6, 6.07) is 7.03. The van der Waals surface area contributed by atoms with Crippen molar-refractivity contribution in [3.63, 3.8) is 0 Å². The third-order valence-electron chi connectivity index (χ3n) is 6.97. The van der Waals surface area contributed by atoms with Crippen LogP contribution in [0.5, 0.6) is 0 Å². The summed E-state index contributed by atoms with van der Waals surface area (Å²) in [6.45, 7) is 2.31. The number of rotatable bonds is 8. The van der Waals surface area contributed by atoms with Gasteiger partial charge in [-0.25, -0.2) is 4.39 Å². The van der Waals surface area contributed by atoms with Crippen LogP contribution in [0, 0.1) is 23.6 Å². The molecule has 2 aliphatic rings. The van der Waals surface area contributed by atoms with Gasteiger partial charge >= 0.3 is 0 Å². The second-order valence-electron chi connectivity index (χ2n) is 8.80. The first-order chi connectivity index (χ1) is 12.7. The van der Waals surface area contributed by atoms with E-state index in [2.05, 4.69) is 13.0 Å². The van der Waals surface area contributed by atoms with Gasteiger partial charge in [0.05, 0.1) is 0 Å². The lowest BCUT2D eigenvalue weighted by Gasteiger charge is -2.35. The molecule has 0 bridgehead atoms. The van der Waals surface area contributed by atoms with Crippen molar-refractivity contribution in [2.45, 2.75) is 90.4 Å². The quantitative estimate of drug-likeness (QED) is 0.328. The largest absolute Gasteiger partial charge is 0.207 e. The van der Waals surface area contributed by atoms with Crippen molar-refractivity contribution >= 4 is 0 Å². The summed E-state index contributed by atoms with van der Waals surface area (Å²) >= 11 is 0. The van der Waals surface area contributed by atoms with Gasteiger partial charge in [0.15, 0.2) is 0 Å². The highest BCUT2D eigenvalue weighted by molar-refractivity contribution is 5.18. The molecule has 1 saturated carbocycles. The van der Waals surface area contributed by atoms with Gasteiger partial charge in [-0.15, -0.1) is 0 Å². The number of unbranched alkanes of at least 4 members (excludes halogenated alkanes) is 2. The Morgan fingerprint density at radius 2 is 1.65 bits per heavy atom. The Labute approximate surface area is 160 Å². The van der Waals surface area contributed by atoms with Crippen LogP contribution in [-0.4, -0.2) is 0 Å². The minimum Gasteiger partial charge on any atom is -0.207 e. The predicted octanol–water partition coefficient (Wildman–Crippen LogP) is 7.87. The molecule has 1 aromatic carbocycles. The molecule has 1 atom stereocenters. The summed E-state index contributed by atoms with van der Waals surface area (Å²) in [7, 11) is 0. The van der Waals surface area contributed by atoms with Crippen LogP contribution in [0.1, 0.15) is 89.5 Å². The second kappa shape index (κ2) is 10.3. The van der Waals surface area contributed by atoms with Crippen LogP contribution in [0.2, 0.25) is 0 Å². The molecule has 0 spiro atoms. The fraction of sp³-hybridized carbons (Fsp3) is 0.680. The van der Waals surface area contributed by atoms with Crippen LogP contribution in [0.4, 0.5) is 4.39 Å². The topological polar surface area (TPSA) is 0 Å². The molecule has 0 nitrogen and oxygen atoms in total. The van der Waals surface area contributed by atoms with Crippen molar-refractivity contribution in [1.29, 1.82) is 0 Å². The Bertz CT molecular complexity index is 548. The molecule has 2 aliphatic carbocycles. The molecule has 3 rings (SSSR count). The molecule has 1 unspecified atom stereocenters. The molecule has 0 radical (unpaired) electrons. The van der Waals surface area contributed by atoms with E-state index in [9.17, 15) is 4.39 Å². The summed E-state index contributed by atoms with van der Waals surface area (Å²) in [5, 5.41) is 0. The molecule has 0 amide bonds. The molecular formula is C25H37F. The van der Waals surface area contributed by atoms with Crippen LogP contribution >= 0.6 is 0 Å². The Balaban J connectivity index is 1.37. The fourth-order valence-electron chi connectivity index (χ4n) is 5.15. The van der Waals surface area contributed by atoms with E-state index in [0.29, 0.717) is 0 Å². The van der Waals surface area contributed by atoms with Gasteiger partial charge in [-0.3, -0.25) is 0 Å². The van der Waals surface area contributed by atoms with E-state index >= 15 is 0 Å². The van der Waals surface area contributed by atoms with E-state index < -0.39 is 0 Å². The molecule has 1 fully saturated rings. The van der Waals surface area contributed by atoms with E-state index in [1.807, 2.05) is 12.1 Å². The number of allylic oxidation sites excluding steroid dienone is 2. The average molecular weight is 357 g/mol. The summed E-state index contributed by atoms with van der Waals surface area (Å²) in [5.74, 6) is 2.84. The molecule has 0 N–H and O–H groups in total. The first-order valence-corrected chi connectivity index (χ1v) is 11.2. The molecule has 0 saturated heterocycles. The van der Waals surface area contributed by atoms with Gasteiger partial charge in [0.25, 0.3) is 0 Å². The summed E-state index contributed by atoms with van der Waals surface area (Å²) in [4.78, 5) is 0. The lowest BCUT2D eigenvalue weighted by atomic mass is 9.70. The monoisotopic (exact) mass is 356 g/mol. The third kappa shape index (κ3) is 5.96. The number of benzene rings is 1. The molecule has 0 aliphatic heterocycles. The van der Waals surface area contributed by atoms with E-state index in [1.54, 1.807) is 17.7 Å². The van der Waals surface area contributed by atoms with Gasteiger partial charge in [0, 0.05) is 0 Å². The zero-order valence-electron chi connectivity index (χ0n) is 16.7. The Hall–Kier alpha value is -1.11. The molecule has 0 aromatic heterocycles. The van der Waals surface area contributed by atoms with E-state index in [1.165, 1.54) is 76.2 Å². The van der Waals surface area contributed by atoms with Gasteiger partial charge in [-0.05, 0) is 80.4 Å². The third-order valence-corrected chi connectivity index (χ3v) is 6.97. The molecule has 144 valence electrons. The van der Waals surface area contributed by atoms with Gasteiger partial charge in [-0.2, -0.15) is 0 Å². The molecular weight excluding hydrogens is 319 g/mol. The normalized spacial score (nSPS) is 26.5. The maximum absolute atomic E-state index is 13.0. The van der Waals surface area contributed by atoms with Gasteiger partial charge in [0.1, 0.15) is 5.82 Å². The van der Waals surface area contributed by atoms with Crippen molar-refractivity contribution in [3.05, 3.63) is 47.3 Å². The second-order valence-corrected chi connectivity index (χ2v) is 8.80. The van der Waals surface area contributed by atoms with Crippen molar-refractivity contribution in [3.8, 4) is 0 Å². The smallest absolute Gasteiger partial charge is 0.123 e.